The fourth-order valence-corrected chi connectivity index (χ4v) is 9.13. The first-order valence-electron chi connectivity index (χ1n) is 30.6. The molecule has 0 aliphatic carbocycles. The van der Waals surface area contributed by atoms with Crippen LogP contribution in [0.3, 0.4) is 0 Å². The van der Waals surface area contributed by atoms with Crippen molar-refractivity contribution in [2.75, 3.05) is 13.2 Å². The number of aliphatic hydroxyl groups excluding tert-OH is 2. The normalized spacial score (nSPS) is 18.4. The summed E-state index contributed by atoms with van der Waals surface area (Å²) in [5.41, 5.74) is 0. The van der Waals surface area contributed by atoms with Gasteiger partial charge in [-0.3, -0.25) is 14.4 Å². The SMILES string of the molecule is CCCCC/C=C\C/C=C\CCCCCCCCCC(=O)OCC(COC1OC(C(=O)O)C(O)C(O)C1OC(=O)CCCCCCCCCCCCCCC)OC(=O)CCCCCCC/C=C\C/C=C\CCCCC. The Morgan fingerprint density at radius 1 is 0.440 bits per heavy atom. The maximum absolute atomic E-state index is 13.2. The van der Waals surface area contributed by atoms with Crippen molar-refractivity contribution < 1.29 is 58.2 Å². The first kappa shape index (κ1) is 69.7. The van der Waals surface area contributed by atoms with Crippen LogP contribution in [0.25, 0.3) is 0 Å². The molecule has 0 aromatic carbocycles. The van der Waals surface area contributed by atoms with Crippen molar-refractivity contribution in [3.63, 3.8) is 0 Å². The number of aliphatic carboxylic acids is 1. The molecular formula is C63H110O12. The summed E-state index contributed by atoms with van der Waals surface area (Å²) >= 11 is 0. The molecule has 1 aliphatic rings. The van der Waals surface area contributed by atoms with Crippen molar-refractivity contribution in [3.8, 4) is 0 Å². The highest BCUT2D eigenvalue weighted by atomic mass is 16.7. The Labute approximate surface area is 456 Å². The van der Waals surface area contributed by atoms with Crippen LogP contribution in [0.1, 0.15) is 278 Å². The van der Waals surface area contributed by atoms with Crippen LogP contribution in [-0.4, -0.2) is 89.2 Å². The van der Waals surface area contributed by atoms with E-state index in [4.69, 9.17) is 23.7 Å². The lowest BCUT2D eigenvalue weighted by atomic mass is 9.98. The van der Waals surface area contributed by atoms with E-state index in [1.165, 1.54) is 109 Å². The fraction of sp³-hybridized carbons (Fsp3) is 0.810. The van der Waals surface area contributed by atoms with E-state index in [1.807, 2.05) is 0 Å². The van der Waals surface area contributed by atoms with Crippen molar-refractivity contribution >= 4 is 23.9 Å². The van der Waals surface area contributed by atoms with Crippen LogP contribution in [0.15, 0.2) is 48.6 Å². The Morgan fingerprint density at radius 2 is 0.800 bits per heavy atom. The van der Waals surface area contributed by atoms with E-state index < -0.39 is 67.3 Å². The zero-order chi connectivity index (χ0) is 54.7. The number of esters is 3. The van der Waals surface area contributed by atoms with Gasteiger partial charge < -0.3 is 39.0 Å². The molecule has 6 atom stereocenters. The van der Waals surface area contributed by atoms with E-state index in [0.717, 1.165) is 109 Å². The molecule has 1 aliphatic heterocycles. The predicted molar refractivity (Wildman–Crippen MR) is 303 cm³/mol. The van der Waals surface area contributed by atoms with Gasteiger partial charge in [-0.15, -0.1) is 0 Å². The molecule has 0 amide bonds. The first-order valence-corrected chi connectivity index (χ1v) is 30.6. The van der Waals surface area contributed by atoms with Gasteiger partial charge in [0.2, 0.25) is 0 Å². The second-order valence-electron chi connectivity index (χ2n) is 21.0. The van der Waals surface area contributed by atoms with Crippen LogP contribution in [0.5, 0.6) is 0 Å². The molecule has 12 nitrogen and oxygen atoms in total. The number of hydrogen-bond donors (Lipinski definition) is 3. The lowest BCUT2D eigenvalue weighted by Gasteiger charge is -2.40. The van der Waals surface area contributed by atoms with Gasteiger partial charge in [0.1, 0.15) is 18.8 Å². The summed E-state index contributed by atoms with van der Waals surface area (Å²) in [6.07, 6.45) is 49.3. The van der Waals surface area contributed by atoms with Crippen LogP contribution >= 0.6 is 0 Å². The average Bonchev–Trinajstić information content (AvgIpc) is 3.39. The Bertz CT molecular complexity index is 1490. The van der Waals surface area contributed by atoms with Gasteiger partial charge in [-0.05, 0) is 83.5 Å². The van der Waals surface area contributed by atoms with E-state index in [-0.39, 0.29) is 25.9 Å². The maximum Gasteiger partial charge on any atom is 0.335 e. The molecule has 1 fully saturated rings. The van der Waals surface area contributed by atoms with Crippen molar-refractivity contribution in [1.29, 1.82) is 0 Å². The standard InChI is InChI=1S/C63H110O12/c1-4-7-10-13-16-19-22-25-27-28-30-32-34-37-40-43-46-49-55(64)71-52-54(73-56(65)50-47-44-41-38-36-33-29-26-23-20-17-14-11-8-5-2)53-72-63-61(59(68)58(67)60(75-63)62(69)70)74-57(66)51-48-45-42-39-35-31-24-21-18-15-12-9-6-3/h16-17,19-20,25-27,29,54,58-61,63,67-68H,4-15,18,21-24,28,30-53H2,1-3H3,(H,69,70)/b19-16-,20-17-,27-25-,29-26-. The number of ether oxygens (including phenoxy) is 5. The summed E-state index contributed by atoms with van der Waals surface area (Å²) in [4.78, 5) is 51.2. The Morgan fingerprint density at radius 3 is 1.23 bits per heavy atom. The number of unbranched alkanes of at least 4 members (excludes halogenated alkanes) is 30. The molecular weight excluding hydrogens is 949 g/mol. The van der Waals surface area contributed by atoms with Crippen LogP contribution in [0.2, 0.25) is 0 Å². The molecule has 1 heterocycles. The largest absolute Gasteiger partial charge is 0.479 e. The molecule has 1 saturated heterocycles. The second kappa shape index (κ2) is 51.4. The molecule has 0 radical (unpaired) electrons. The fourth-order valence-electron chi connectivity index (χ4n) is 9.13. The Hall–Kier alpha value is -3.32. The number of carboxylic acids is 1. The molecule has 6 unspecified atom stereocenters. The summed E-state index contributed by atoms with van der Waals surface area (Å²) in [7, 11) is 0. The third kappa shape index (κ3) is 41.5. The minimum Gasteiger partial charge on any atom is -0.479 e. The number of carbonyl (C=O) groups is 4. The van der Waals surface area contributed by atoms with Gasteiger partial charge in [-0.1, -0.05) is 223 Å². The maximum atomic E-state index is 13.2. The van der Waals surface area contributed by atoms with Crippen molar-refractivity contribution in [1.82, 2.24) is 0 Å². The number of allylic oxidation sites excluding steroid dienone is 8. The van der Waals surface area contributed by atoms with E-state index in [0.29, 0.717) is 19.3 Å². The van der Waals surface area contributed by atoms with Gasteiger partial charge in [0.25, 0.3) is 0 Å². The molecule has 0 aromatic rings. The summed E-state index contributed by atoms with van der Waals surface area (Å²) < 4.78 is 28.4. The molecule has 0 saturated carbocycles. The van der Waals surface area contributed by atoms with Crippen LogP contribution in [0.4, 0.5) is 0 Å². The summed E-state index contributed by atoms with van der Waals surface area (Å²) in [5.74, 6) is -3.13. The molecule has 75 heavy (non-hydrogen) atoms. The molecule has 434 valence electrons. The van der Waals surface area contributed by atoms with Crippen LogP contribution in [-0.2, 0) is 42.9 Å². The van der Waals surface area contributed by atoms with Crippen molar-refractivity contribution in [2.45, 2.75) is 314 Å². The molecule has 1 rings (SSSR count). The highest BCUT2D eigenvalue weighted by molar-refractivity contribution is 5.74. The first-order chi connectivity index (χ1) is 36.6. The Balaban J connectivity index is 2.69. The summed E-state index contributed by atoms with van der Waals surface area (Å²) in [6, 6.07) is 0. The van der Waals surface area contributed by atoms with E-state index in [2.05, 4.69) is 69.4 Å². The van der Waals surface area contributed by atoms with E-state index in [1.54, 1.807) is 0 Å². The smallest absolute Gasteiger partial charge is 0.335 e. The summed E-state index contributed by atoms with van der Waals surface area (Å²) in [5, 5.41) is 31.5. The van der Waals surface area contributed by atoms with Crippen LogP contribution in [0, 0.1) is 0 Å². The van der Waals surface area contributed by atoms with Crippen molar-refractivity contribution in [3.05, 3.63) is 48.6 Å². The molecule has 0 aromatic heterocycles. The quantitative estimate of drug-likeness (QED) is 0.0228. The zero-order valence-corrected chi connectivity index (χ0v) is 47.8. The van der Waals surface area contributed by atoms with E-state index in [9.17, 15) is 34.5 Å². The number of hydrogen-bond acceptors (Lipinski definition) is 11. The highest BCUT2D eigenvalue weighted by Gasteiger charge is 2.50. The molecule has 12 heteroatoms. The van der Waals surface area contributed by atoms with Gasteiger partial charge in [0.05, 0.1) is 6.61 Å². The Kier molecular flexibility index (Phi) is 47.8. The predicted octanol–water partition coefficient (Wildman–Crippen LogP) is 15.8. The zero-order valence-electron chi connectivity index (χ0n) is 47.8. The third-order valence-electron chi connectivity index (χ3n) is 13.9. The van der Waals surface area contributed by atoms with Crippen LogP contribution < -0.4 is 0 Å². The number of aliphatic hydroxyl groups is 2. The minimum atomic E-state index is -1.90. The topological polar surface area (TPSA) is 175 Å². The second-order valence-corrected chi connectivity index (χ2v) is 21.0. The monoisotopic (exact) mass is 1060 g/mol. The van der Waals surface area contributed by atoms with Gasteiger partial charge in [0.15, 0.2) is 24.6 Å². The number of rotatable bonds is 52. The minimum absolute atomic E-state index is 0.0616. The van der Waals surface area contributed by atoms with Gasteiger partial charge >= 0.3 is 23.9 Å². The van der Waals surface area contributed by atoms with E-state index >= 15 is 0 Å². The number of carboxylic acid groups (broad SMARTS) is 1. The summed E-state index contributed by atoms with van der Waals surface area (Å²) in [6.45, 7) is 5.94. The van der Waals surface area contributed by atoms with Gasteiger partial charge in [-0.2, -0.15) is 0 Å². The molecule has 0 spiro atoms. The third-order valence-corrected chi connectivity index (χ3v) is 13.9. The molecule has 0 bridgehead atoms. The number of carbonyl (C=O) groups excluding carboxylic acids is 3. The van der Waals surface area contributed by atoms with Gasteiger partial charge in [-0.25, -0.2) is 4.79 Å². The average molecular weight is 1060 g/mol. The highest BCUT2D eigenvalue weighted by Crippen LogP contribution is 2.26. The lowest BCUT2D eigenvalue weighted by molar-refractivity contribution is -0.301. The lowest BCUT2D eigenvalue weighted by Crippen LogP contribution is -2.61. The molecule has 3 N–H and O–H groups in total. The van der Waals surface area contributed by atoms with Crippen molar-refractivity contribution in [2.24, 2.45) is 0 Å². The van der Waals surface area contributed by atoms with Gasteiger partial charge in [0, 0.05) is 19.3 Å².